The first-order chi connectivity index (χ1) is 12.6. The Kier molecular flexibility index (Phi) is 4.44. The molecule has 0 aliphatic carbocycles. The maximum atomic E-state index is 12.4. The van der Waals surface area contributed by atoms with Crippen LogP contribution in [-0.2, 0) is 11.2 Å². The highest BCUT2D eigenvalue weighted by Gasteiger charge is 2.15. The van der Waals surface area contributed by atoms with Gasteiger partial charge in [-0.3, -0.25) is 10.1 Å². The van der Waals surface area contributed by atoms with E-state index in [0.29, 0.717) is 16.1 Å². The maximum Gasteiger partial charge on any atom is 0.302 e. The summed E-state index contributed by atoms with van der Waals surface area (Å²) in [6.45, 7) is 1.97. The summed E-state index contributed by atoms with van der Waals surface area (Å²) in [6, 6.07) is 15.2. The van der Waals surface area contributed by atoms with E-state index in [1.54, 1.807) is 29.5 Å². The largest absolute Gasteiger partial charge is 0.423 e. The summed E-state index contributed by atoms with van der Waals surface area (Å²) in [7, 11) is 0. The van der Waals surface area contributed by atoms with Crippen LogP contribution in [0.25, 0.3) is 21.7 Å². The second-order valence-corrected chi connectivity index (χ2v) is 7.38. The summed E-state index contributed by atoms with van der Waals surface area (Å²) in [5, 5.41) is 4.15. The van der Waals surface area contributed by atoms with E-state index in [4.69, 9.17) is 16.0 Å². The number of fused-ring (bicyclic) bond motifs is 1. The average Bonchev–Trinajstić information content (AvgIpc) is 3.18. The van der Waals surface area contributed by atoms with Crippen molar-refractivity contribution in [3.63, 3.8) is 0 Å². The van der Waals surface area contributed by atoms with Crippen LogP contribution in [0.15, 0.2) is 52.9 Å². The number of aryl methyl sites for hydroxylation is 1. The van der Waals surface area contributed by atoms with Crippen molar-refractivity contribution >= 4 is 46.0 Å². The summed E-state index contributed by atoms with van der Waals surface area (Å²) in [6.07, 6.45) is 0.161. The van der Waals surface area contributed by atoms with Gasteiger partial charge in [0.05, 0.1) is 12.1 Å². The highest BCUT2D eigenvalue weighted by Crippen LogP contribution is 2.28. The lowest BCUT2D eigenvalue weighted by Gasteiger charge is -1.99. The molecule has 0 atom stereocenters. The Morgan fingerprint density at radius 2 is 2.00 bits per heavy atom. The number of amides is 1. The summed E-state index contributed by atoms with van der Waals surface area (Å²) in [5.74, 6) is -0.226. The van der Waals surface area contributed by atoms with E-state index in [0.717, 1.165) is 21.1 Å². The Bertz CT molecular complexity index is 1090. The minimum Gasteiger partial charge on any atom is -0.423 e. The lowest BCUT2D eigenvalue weighted by molar-refractivity contribution is -0.115. The van der Waals surface area contributed by atoms with Gasteiger partial charge in [0.1, 0.15) is 10.5 Å². The number of halogens is 1. The van der Waals surface area contributed by atoms with Crippen LogP contribution in [0.4, 0.5) is 6.01 Å². The lowest BCUT2D eigenvalue weighted by atomic mass is 10.2. The SMILES string of the molecule is Cc1sc(-c2ccccc2)nc1CC(=O)Nc1nc2cc(Cl)ccc2o1. The van der Waals surface area contributed by atoms with E-state index in [1.165, 1.54) is 0 Å². The molecule has 5 nitrogen and oxygen atoms in total. The van der Waals surface area contributed by atoms with Crippen molar-refractivity contribution in [2.75, 3.05) is 5.32 Å². The fourth-order valence-electron chi connectivity index (χ4n) is 2.57. The number of thiazole rings is 1. The molecular formula is C19H14ClN3O2S. The first-order valence-corrected chi connectivity index (χ1v) is 9.15. The van der Waals surface area contributed by atoms with Crippen LogP contribution in [0.2, 0.25) is 5.02 Å². The highest BCUT2D eigenvalue weighted by atomic mass is 35.5. The molecule has 0 bridgehead atoms. The van der Waals surface area contributed by atoms with Crippen molar-refractivity contribution in [3.8, 4) is 10.6 Å². The van der Waals surface area contributed by atoms with Gasteiger partial charge in [-0.1, -0.05) is 41.9 Å². The van der Waals surface area contributed by atoms with Crippen molar-refractivity contribution in [3.05, 3.63) is 64.1 Å². The molecule has 0 aliphatic heterocycles. The molecule has 0 saturated heterocycles. The summed E-state index contributed by atoms with van der Waals surface area (Å²) in [4.78, 5) is 22.2. The number of carbonyl (C=O) groups is 1. The molecule has 0 saturated carbocycles. The number of hydrogen-bond donors (Lipinski definition) is 1. The molecule has 0 radical (unpaired) electrons. The Hall–Kier alpha value is -2.70. The molecule has 130 valence electrons. The summed E-state index contributed by atoms with van der Waals surface area (Å²) in [5.41, 5.74) is 2.97. The van der Waals surface area contributed by atoms with Crippen molar-refractivity contribution in [2.24, 2.45) is 0 Å². The number of anilines is 1. The van der Waals surface area contributed by atoms with Gasteiger partial charge in [-0.15, -0.1) is 11.3 Å². The van der Waals surface area contributed by atoms with Gasteiger partial charge >= 0.3 is 6.01 Å². The van der Waals surface area contributed by atoms with E-state index >= 15 is 0 Å². The molecule has 0 spiro atoms. The number of nitrogens with one attached hydrogen (secondary N) is 1. The van der Waals surface area contributed by atoms with Crippen LogP contribution in [0.5, 0.6) is 0 Å². The third-order valence-electron chi connectivity index (χ3n) is 3.84. The van der Waals surface area contributed by atoms with Gasteiger partial charge < -0.3 is 4.42 Å². The maximum absolute atomic E-state index is 12.4. The molecule has 4 aromatic rings. The molecule has 4 rings (SSSR count). The van der Waals surface area contributed by atoms with Crippen molar-refractivity contribution in [1.82, 2.24) is 9.97 Å². The van der Waals surface area contributed by atoms with E-state index in [1.807, 2.05) is 37.3 Å². The van der Waals surface area contributed by atoms with Crippen LogP contribution in [0.3, 0.4) is 0 Å². The Balaban J connectivity index is 1.50. The fourth-order valence-corrected chi connectivity index (χ4v) is 3.67. The zero-order valence-corrected chi connectivity index (χ0v) is 15.4. The molecule has 0 aliphatic rings. The number of nitrogens with zero attached hydrogens (tertiary/aromatic N) is 2. The van der Waals surface area contributed by atoms with E-state index in [-0.39, 0.29) is 18.3 Å². The molecule has 2 heterocycles. The van der Waals surface area contributed by atoms with Crippen molar-refractivity contribution in [2.45, 2.75) is 13.3 Å². The number of hydrogen-bond acceptors (Lipinski definition) is 5. The second-order valence-electron chi connectivity index (χ2n) is 5.74. The van der Waals surface area contributed by atoms with Gasteiger partial charge in [-0.2, -0.15) is 4.98 Å². The minimum absolute atomic E-state index is 0.156. The minimum atomic E-state index is -0.226. The van der Waals surface area contributed by atoms with Gasteiger partial charge in [0.25, 0.3) is 0 Å². The van der Waals surface area contributed by atoms with Gasteiger partial charge in [-0.05, 0) is 25.1 Å². The summed E-state index contributed by atoms with van der Waals surface area (Å²) >= 11 is 7.51. The normalized spacial score (nSPS) is 11.0. The molecular weight excluding hydrogens is 370 g/mol. The monoisotopic (exact) mass is 383 g/mol. The summed E-state index contributed by atoms with van der Waals surface area (Å²) < 4.78 is 5.52. The van der Waals surface area contributed by atoms with Crippen molar-refractivity contribution in [1.29, 1.82) is 0 Å². The Morgan fingerprint density at radius 1 is 1.19 bits per heavy atom. The second kappa shape index (κ2) is 6.90. The van der Waals surface area contributed by atoms with Crippen LogP contribution in [-0.4, -0.2) is 15.9 Å². The smallest absolute Gasteiger partial charge is 0.302 e. The van der Waals surface area contributed by atoms with Crippen LogP contribution >= 0.6 is 22.9 Å². The molecule has 0 fully saturated rings. The molecule has 2 aromatic heterocycles. The quantitative estimate of drug-likeness (QED) is 0.532. The van der Waals surface area contributed by atoms with Crippen molar-refractivity contribution < 1.29 is 9.21 Å². The van der Waals surface area contributed by atoms with E-state index in [2.05, 4.69) is 15.3 Å². The predicted octanol–water partition coefficient (Wildman–Crippen LogP) is 5.09. The third-order valence-corrected chi connectivity index (χ3v) is 5.13. The van der Waals surface area contributed by atoms with Gasteiger partial charge in [-0.25, -0.2) is 4.98 Å². The van der Waals surface area contributed by atoms with Crippen LogP contribution in [0.1, 0.15) is 10.6 Å². The number of rotatable bonds is 4. The first-order valence-electron chi connectivity index (χ1n) is 7.96. The molecule has 1 N–H and O–H groups in total. The number of benzene rings is 2. The third kappa shape index (κ3) is 3.47. The molecule has 7 heteroatoms. The Labute approximate surface area is 158 Å². The molecule has 26 heavy (non-hydrogen) atoms. The van der Waals surface area contributed by atoms with Gasteiger partial charge in [0, 0.05) is 15.5 Å². The average molecular weight is 384 g/mol. The van der Waals surface area contributed by atoms with E-state index < -0.39 is 0 Å². The number of oxazole rings is 1. The highest BCUT2D eigenvalue weighted by molar-refractivity contribution is 7.15. The van der Waals surface area contributed by atoms with Crippen LogP contribution < -0.4 is 5.32 Å². The molecule has 0 unspecified atom stereocenters. The number of carbonyl (C=O) groups excluding carboxylic acids is 1. The fraction of sp³-hybridized carbons (Fsp3) is 0.105. The standard InChI is InChI=1S/C19H14ClN3O2S/c1-11-14(21-18(26-11)12-5-3-2-4-6-12)10-17(24)23-19-22-15-9-13(20)7-8-16(15)25-19/h2-9H,10H2,1H3,(H,22,23,24). The number of aromatic nitrogens is 2. The molecule has 2 aromatic carbocycles. The van der Waals surface area contributed by atoms with E-state index in [9.17, 15) is 4.79 Å². The Morgan fingerprint density at radius 3 is 2.81 bits per heavy atom. The first kappa shape index (κ1) is 16.8. The molecule has 1 amide bonds. The lowest BCUT2D eigenvalue weighted by Crippen LogP contribution is -2.15. The van der Waals surface area contributed by atoms with Crippen LogP contribution in [0, 0.1) is 6.92 Å². The van der Waals surface area contributed by atoms with Gasteiger partial charge in [0.2, 0.25) is 5.91 Å². The zero-order valence-electron chi connectivity index (χ0n) is 13.8. The predicted molar refractivity (Wildman–Crippen MR) is 104 cm³/mol. The topological polar surface area (TPSA) is 68.0 Å². The zero-order chi connectivity index (χ0) is 18.1. The van der Waals surface area contributed by atoms with Gasteiger partial charge in [0.15, 0.2) is 5.58 Å².